The smallest absolute Gasteiger partial charge is 0.141 e. The van der Waals surface area contributed by atoms with Crippen LogP contribution >= 0.6 is 0 Å². The predicted molar refractivity (Wildman–Crippen MR) is 83.0 cm³/mol. The molecule has 2 heterocycles. The van der Waals surface area contributed by atoms with Crippen LogP contribution in [0.15, 0.2) is 12.3 Å². The molecule has 1 N–H and O–H groups in total. The van der Waals surface area contributed by atoms with E-state index in [0.717, 1.165) is 44.0 Å². The molecule has 2 rings (SSSR count). The molecule has 21 heavy (non-hydrogen) atoms. The highest BCUT2D eigenvalue weighted by Gasteiger charge is 2.19. The van der Waals surface area contributed by atoms with E-state index < -0.39 is 0 Å². The van der Waals surface area contributed by atoms with Gasteiger partial charge in [-0.05, 0) is 31.9 Å². The van der Waals surface area contributed by atoms with E-state index in [-0.39, 0.29) is 11.9 Å². The van der Waals surface area contributed by atoms with Gasteiger partial charge in [-0.15, -0.1) is 0 Å². The lowest BCUT2D eigenvalue weighted by atomic mass is 10.2. The minimum absolute atomic E-state index is 0.177. The summed E-state index contributed by atoms with van der Waals surface area (Å²) in [5.41, 5.74) is 0.921. The Bertz CT molecular complexity index is 453. The Kier molecular flexibility index (Phi) is 5.94. The molecule has 1 aromatic rings. The molecule has 1 aromatic heterocycles. The third-order valence-electron chi connectivity index (χ3n) is 3.53. The van der Waals surface area contributed by atoms with Crippen molar-refractivity contribution in [2.75, 3.05) is 31.1 Å². The van der Waals surface area contributed by atoms with Crippen molar-refractivity contribution in [2.45, 2.75) is 39.8 Å². The summed E-state index contributed by atoms with van der Waals surface area (Å²) in [5, 5.41) is 3.37. The number of hydrogen-bond acceptors (Lipinski definition) is 4. The number of pyridine rings is 1. The van der Waals surface area contributed by atoms with Gasteiger partial charge in [0.2, 0.25) is 0 Å². The van der Waals surface area contributed by atoms with Crippen LogP contribution in [0.25, 0.3) is 0 Å². The second-order valence-corrected chi connectivity index (χ2v) is 6.14. The van der Waals surface area contributed by atoms with Gasteiger partial charge in [-0.25, -0.2) is 9.37 Å². The first-order valence-electron chi connectivity index (χ1n) is 7.78. The summed E-state index contributed by atoms with van der Waals surface area (Å²) < 4.78 is 19.2. The molecule has 0 aromatic carbocycles. The second-order valence-electron chi connectivity index (χ2n) is 6.14. The number of halogens is 1. The largest absolute Gasteiger partial charge is 0.377 e. The molecule has 0 saturated carbocycles. The minimum Gasteiger partial charge on any atom is -0.377 e. The monoisotopic (exact) mass is 295 g/mol. The average molecular weight is 295 g/mol. The maximum Gasteiger partial charge on any atom is 0.141 e. The maximum absolute atomic E-state index is 13.5. The van der Waals surface area contributed by atoms with Crippen molar-refractivity contribution in [2.24, 2.45) is 5.92 Å². The van der Waals surface area contributed by atoms with Crippen molar-refractivity contribution >= 4 is 5.82 Å². The van der Waals surface area contributed by atoms with Gasteiger partial charge >= 0.3 is 0 Å². The number of aromatic nitrogens is 1. The average Bonchev–Trinajstić information content (AvgIpc) is 2.63. The predicted octanol–water partition coefficient (Wildman–Crippen LogP) is 2.58. The SMILES string of the molecule is CC(C)CNCc1cc(F)cnc1N1CCCOC(C)C1. The Hall–Kier alpha value is -1.20. The Balaban J connectivity index is 2.13. The van der Waals surface area contributed by atoms with Crippen LogP contribution in [0.3, 0.4) is 0 Å². The van der Waals surface area contributed by atoms with Crippen molar-refractivity contribution in [3.63, 3.8) is 0 Å². The van der Waals surface area contributed by atoms with Crippen molar-refractivity contribution in [1.82, 2.24) is 10.3 Å². The molecule has 1 fully saturated rings. The van der Waals surface area contributed by atoms with Gasteiger partial charge in [-0.2, -0.15) is 0 Å². The van der Waals surface area contributed by atoms with Crippen LogP contribution in [0.1, 0.15) is 32.8 Å². The molecular formula is C16H26FN3O. The van der Waals surface area contributed by atoms with Crippen LogP contribution in [0.4, 0.5) is 10.2 Å². The van der Waals surface area contributed by atoms with Crippen LogP contribution < -0.4 is 10.2 Å². The standard InChI is InChI=1S/C16H26FN3O/c1-12(2)8-18-9-14-7-15(17)10-19-16(14)20-5-4-6-21-13(3)11-20/h7,10,12-13,18H,4-6,8-9,11H2,1-3H3. The summed E-state index contributed by atoms with van der Waals surface area (Å²) in [6.45, 7) is 10.4. The molecule has 5 heteroatoms. The Labute approximate surface area is 126 Å². The summed E-state index contributed by atoms with van der Waals surface area (Å²) in [6, 6.07) is 1.59. The summed E-state index contributed by atoms with van der Waals surface area (Å²) in [4.78, 5) is 6.54. The van der Waals surface area contributed by atoms with Gasteiger partial charge in [0, 0.05) is 31.8 Å². The molecule has 0 amide bonds. The topological polar surface area (TPSA) is 37.4 Å². The lowest BCUT2D eigenvalue weighted by molar-refractivity contribution is 0.0820. The molecule has 1 aliphatic heterocycles. The molecule has 1 unspecified atom stereocenters. The quantitative estimate of drug-likeness (QED) is 0.906. The third kappa shape index (κ3) is 4.93. The first kappa shape index (κ1) is 16.2. The van der Waals surface area contributed by atoms with Gasteiger partial charge < -0.3 is 15.0 Å². The highest BCUT2D eigenvalue weighted by atomic mass is 19.1. The first-order chi connectivity index (χ1) is 10.1. The van der Waals surface area contributed by atoms with E-state index in [2.05, 4.69) is 36.0 Å². The summed E-state index contributed by atoms with van der Waals surface area (Å²) in [6.07, 6.45) is 2.45. The zero-order valence-corrected chi connectivity index (χ0v) is 13.2. The first-order valence-corrected chi connectivity index (χ1v) is 7.78. The van der Waals surface area contributed by atoms with Crippen LogP contribution in [0.2, 0.25) is 0 Å². The number of nitrogens with one attached hydrogen (secondary N) is 1. The highest BCUT2D eigenvalue weighted by Crippen LogP contribution is 2.21. The van der Waals surface area contributed by atoms with E-state index >= 15 is 0 Å². The summed E-state index contributed by atoms with van der Waals surface area (Å²) in [7, 11) is 0. The van der Waals surface area contributed by atoms with Gasteiger partial charge in [-0.3, -0.25) is 0 Å². The fourth-order valence-corrected chi connectivity index (χ4v) is 2.57. The fourth-order valence-electron chi connectivity index (χ4n) is 2.57. The van der Waals surface area contributed by atoms with E-state index in [1.165, 1.54) is 6.20 Å². The minimum atomic E-state index is -0.279. The molecular weight excluding hydrogens is 269 g/mol. The van der Waals surface area contributed by atoms with E-state index in [4.69, 9.17) is 4.74 Å². The normalized spacial score (nSPS) is 19.9. The van der Waals surface area contributed by atoms with Gasteiger partial charge in [0.1, 0.15) is 11.6 Å². The summed E-state index contributed by atoms with van der Waals surface area (Å²) >= 11 is 0. The lowest BCUT2D eigenvalue weighted by Crippen LogP contribution is -2.32. The van der Waals surface area contributed by atoms with Gasteiger partial charge in [0.15, 0.2) is 0 Å². The van der Waals surface area contributed by atoms with Gasteiger partial charge in [0.25, 0.3) is 0 Å². The number of ether oxygens (including phenoxy) is 1. The Morgan fingerprint density at radius 2 is 2.33 bits per heavy atom. The van der Waals surface area contributed by atoms with Crippen molar-refractivity contribution in [3.05, 3.63) is 23.6 Å². The van der Waals surface area contributed by atoms with Crippen LogP contribution in [0, 0.1) is 11.7 Å². The maximum atomic E-state index is 13.5. The Morgan fingerprint density at radius 3 is 3.10 bits per heavy atom. The van der Waals surface area contributed by atoms with E-state index in [1.54, 1.807) is 6.07 Å². The fraction of sp³-hybridized carbons (Fsp3) is 0.688. The molecule has 0 spiro atoms. The molecule has 118 valence electrons. The number of anilines is 1. The van der Waals surface area contributed by atoms with Crippen molar-refractivity contribution < 1.29 is 9.13 Å². The molecule has 1 aliphatic rings. The van der Waals surface area contributed by atoms with Gasteiger partial charge in [-0.1, -0.05) is 13.8 Å². The van der Waals surface area contributed by atoms with Crippen LogP contribution in [0.5, 0.6) is 0 Å². The second kappa shape index (κ2) is 7.71. The van der Waals surface area contributed by atoms with Crippen LogP contribution in [-0.2, 0) is 11.3 Å². The third-order valence-corrected chi connectivity index (χ3v) is 3.53. The zero-order chi connectivity index (χ0) is 15.2. The molecule has 0 aliphatic carbocycles. The molecule has 1 atom stereocenters. The molecule has 0 radical (unpaired) electrons. The van der Waals surface area contributed by atoms with Crippen molar-refractivity contribution in [3.8, 4) is 0 Å². The van der Waals surface area contributed by atoms with E-state index in [9.17, 15) is 4.39 Å². The number of nitrogens with zero attached hydrogens (tertiary/aromatic N) is 2. The molecule has 0 bridgehead atoms. The molecule has 4 nitrogen and oxygen atoms in total. The number of rotatable bonds is 5. The van der Waals surface area contributed by atoms with E-state index in [1.807, 2.05) is 0 Å². The molecule has 1 saturated heterocycles. The van der Waals surface area contributed by atoms with Crippen molar-refractivity contribution in [1.29, 1.82) is 0 Å². The van der Waals surface area contributed by atoms with Gasteiger partial charge in [0.05, 0.1) is 12.3 Å². The van der Waals surface area contributed by atoms with Crippen LogP contribution in [-0.4, -0.2) is 37.3 Å². The number of hydrogen-bond donors (Lipinski definition) is 1. The summed E-state index contributed by atoms with van der Waals surface area (Å²) in [5.74, 6) is 1.17. The Morgan fingerprint density at radius 1 is 1.52 bits per heavy atom. The highest BCUT2D eigenvalue weighted by molar-refractivity contribution is 5.47. The lowest BCUT2D eigenvalue weighted by Gasteiger charge is -2.25. The zero-order valence-electron chi connectivity index (χ0n) is 13.2. The van der Waals surface area contributed by atoms with E-state index in [0.29, 0.717) is 12.5 Å².